The van der Waals surface area contributed by atoms with Gasteiger partial charge in [0.15, 0.2) is 5.16 Å². The van der Waals surface area contributed by atoms with Gasteiger partial charge in [-0.25, -0.2) is 9.97 Å². The number of benzene rings is 1. The van der Waals surface area contributed by atoms with Crippen LogP contribution in [0.25, 0.3) is 0 Å². The van der Waals surface area contributed by atoms with Crippen molar-refractivity contribution in [2.45, 2.75) is 30.8 Å². The van der Waals surface area contributed by atoms with Gasteiger partial charge in [0.25, 0.3) is 0 Å². The smallest absolute Gasteiger partial charge is 0.192 e. The van der Waals surface area contributed by atoms with Crippen molar-refractivity contribution in [1.29, 1.82) is 0 Å². The first kappa shape index (κ1) is 13.7. The second kappa shape index (κ2) is 5.93. The van der Waals surface area contributed by atoms with Crippen LogP contribution in [0.2, 0.25) is 0 Å². The van der Waals surface area contributed by atoms with E-state index >= 15 is 0 Å². The molecule has 0 saturated heterocycles. The zero-order valence-electron chi connectivity index (χ0n) is 11.3. The lowest BCUT2D eigenvalue weighted by Crippen LogP contribution is -1.97. The summed E-state index contributed by atoms with van der Waals surface area (Å²) < 4.78 is 5.48. The van der Waals surface area contributed by atoms with Gasteiger partial charge in [0, 0.05) is 16.3 Å². The van der Waals surface area contributed by atoms with Crippen LogP contribution in [0.5, 0.6) is 5.75 Å². The van der Waals surface area contributed by atoms with Crippen LogP contribution in [0.15, 0.2) is 34.3 Å². The summed E-state index contributed by atoms with van der Waals surface area (Å²) in [6.07, 6.45) is 0. The highest BCUT2D eigenvalue weighted by atomic mass is 32.2. The molecule has 0 atom stereocenters. The summed E-state index contributed by atoms with van der Waals surface area (Å²) >= 11 is 1.51. The monoisotopic (exact) mass is 275 g/mol. The minimum absolute atomic E-state index is 0.596. The Kier molecular flexibility index (Phi) is 4.27. The Labute approximate surface area is 117 Å². The summed E-state index contributed by atoms with van der Waals surface area (Å²) in [7, 11) is 0. The molecule has 4 nitrogen and oxygen atoms in total. The van der Waals surface area contributed by atoms with Gasteiger partial charge in [-0.15, -0.1) is 0 Å². The van der Waals surface area contributed by atoms with Crippen LogP contribution < -0.4 is 10.5 Å². The number of nitrogens with two attached hydrogens (primary N) is 1. The Morgan fingerprint density at radius 2 is 1.84 bits per heavy atom. The number of aryl methyl sites for hydroxylation is 2. The summed E-state index contributed by atoms with van der Waals surface area (Å²) in [6.45, 7) is 6.46. The molecule has 1 aromatic carbocycles. The van der Waals surface area contributed by atoms with Gasteiger partial charge in [0.1, 0.15) is 5.75 Å². The SMILES string of the molecule is CCOc1cc(Sc2nc(C)cc(C)n2)ccc1N. The molecule has 0 radical (unpaired) electrons. The number of anilines is 1. The van der Waals surface area contributed by atoms with Gasteiger partial charge in [-0.1, -0.05) is 0 Å². The lowest BCUT2D eigenvalue weighted by molar-refractivity contribution is 0.341. The van der Waals surface area contributed by atoms with Crippen molar-refractivity contribution < 1.29 is 4.74 Å². The number of hydrogen-bond donors (Lipinski definition) is 1. The van der Waals surface area contributed by atoms with E-state index < -0.39 is 0 Å². The maximum atomic E-state index is 5.85. The summed E-state index contributed by atoms with van der Waals surface area (Å²) in [5.41, 5.74) is 8.43. The largest absolute Gasteiger partial charge is 0.492 e. The van der Waals surface area contributed by atoms with E-state index in [1.54, 1.807) is 0 Å². The van der Waals surface area contributed by atoms with Gasteiger partial charge in [-0.2, -0.15) is 0 Å². The summed E-state index contributed by atoms with van der Waals surface area (Å²) in [5.74, 6) is 0.705. The molecule has 2 N–H and O–H groups in total. The summed E-state index contributed by atoms with van der Waals surface area (Å²) in [4.78, 5) is 9.83. The predicted molar refractivity (Wildman–Crippen MR) is 77.7 cm³/mol. The van der Waals surface area contributed by atoms with Crippen molar-refractivity contribution >= 4 is 17.4 Å². The Bertz CT molecular complexity index is 567. The van der Waals surface area contributed by atoms with Crippen molar-refractivity contribution in [2.75, 3.05) is 12.3 Å². The molecule has 0 aliphatic carbocycles. The topological polar surface area (TPSA) is 61.0 Å². The van der Waals surface area contributed by atoms with Crippen LogP contribution >= 0.6 is 11.8 Å². The minimum atomic E-state index is 0.596. The van der Waals surface area contributed by atoms with Gasteiger partial charge in [0.05, 0.1) is 12.3 Å². The Morgan fingerprint density at radius 1 is 1.16 bits per heavy atom. The Morgan fingerprint density at radius 3 is 2.47 bits per heavy atom. The third-order valence-corrected chi connectivity index (χ3v) is 3.31. The molecule has 0 saturated carbocycles. The van der Waals surface area contributed by atoms with Crippen LogP contribution in [0, 0.1) is 13.8 Å². The summed E-state index contributed by atoms with van der Waals surface area (Å²) in [5, 5.41) is 0.740. The number of hydrogen-bond acceptors (Lipinski definition) is 5. The van der Waals surface area contributed by atoms with Gasteiger partial charge in [-0.05, 0) is 56.8 Å². The number of aromatic nitrogens is 2. The van der Waals surface area contributed by atoms with E-state index in [4.69, 9.17) is 10.5 Å². The number of rotatable bonds is 4. The highest BCUT2D eigenvalue weighted by Crippen LogP contribution is 2.31. The zero-order valence-corrected chi connectivity index (χ0v) is 12.1. The van der Waals surface area contributed by atoms with E-state index in [0.717, 1.165) is 21.4 Å². The number of nitrogens with zero attached hydrogens (tertiary/aromatic N) is 2. The lowest BCUT2D eigenvalue weighted by atomic mass is 10.3. The maximum absolute atomic E-state index is 5.85. The fourth-order valence-corrected chi connectivity index (χ4v) is 2.60. The first-order valence-corrected chi connectivity index (χ1v) is 6.92. The quantitative estimate of drug-likeness (QED) is 0.685. The second-order valence-electron chi connectivity index (χ2n) is 4.17. The molecule has 0 aliphatic rings. The van der Waals surface area contributed by atoms with E-state index in [9.17, 15) is 0 Å². The molecule has 1 aromatic heterocycles. The van der Waals surface area contributed by atoms with Gasteiger partial charge in [-0.3, -0.25) is 0 Å². The first-order chi connectivity index (χ1) is 9.08. The molecule has 5 heteroatoms. The van der Waals surface area contributed by atoms with Crippen LogP contribution in [0.1, 0.15) is 18.3 Å². The van der Waals surface area contributed by atoms with E-state index in [-0.39, 0.29) is 0 Å². The van der Waals surface area contributed by atoms with E-state index in [1.165, 1.54) is 11.8 Å². The standard InChI is InChI=1S/C14H17N3OS/c1-4-18-13-8-11(5-6-12(13)15)19-14-16-9(2)7-10(3)17-14/h5-8H,4,15H2,1-3H3. The molecule has 2 rings (SSSR count). The van der Waals surface area contributed by atoms with Crippen molar-refractivity contribution in [2.24, 2.45) is 0 Å². The molecule has 0 spiro atoms. The molecule has 19 heavy (non-hydrogen) atoms. The third kappa shape index (κ3) is 3.61. The number of ether oxygens (including phenoxy) is 1. The fourth-order valence-electron chi connectivity index (χ4n) is 1.70. The highest BCUT2D eigenvalue weighted by molar-refractivity contribution is 7.99. The zero-order chi connectivity index (χ0) is 13.8. The van der Waals surface area contributed by atoms with Gasteiger partial charge in [0.2, 0.25) is 0 Å². The van der Waals surface area contributed by atoms with E-state index in [0.29, 0.717) is 18.0 Å². The van der Waals surface area contributed by atoms with Crippen molar-refractivity contribution in [3.8, 4) is 5.75 Å². The Balaban J connectivity index is 2.25. The fraction of sp³-hybridized carbons (Fsp3) is 0.286. The normalized spacial score (nSPS) is 10.5. The molecule has 1 heterocycles. The average Bonchev–Trinajstić information content (AvgIpc) is 2.32. The van der Waals surface area contributed by atoms with E-state index in [1.807, 2.05) is 45.0 Å². The molecule has 2 aromatic rings. The minimum Gasteiger partial charge on any atom is -0.492 e. The maximum Gasteiger partial charge on any atom is 0.192 e. The Hall–Kier alpha value is -1.75. The van der Waals surface area contributed by atoms with Crippen molar-refractivity contribution in [3.05, 3.63) is 35.7 Å². The first-order valence-electron chi connectivity index (χ1n) is 6.11. The molecule has 100 valence electrons. The molecule has 0 amide bonds. The van der Waals surface area contributed by atoms with Crippen LogP contribution in [-0.2, 0) is 0 Å². The van der Waals surface area contributed by atoms with Gasteiger partial charge < -0.3 is 10.5 Å². The van der Waals surface area contributed by atoms with Crippen molar-refractivity contribution in [1.82, 2.24) is 9.97 Å². The second-order valence-corrected chi connectivity index (χ2v) is 5.21. The molecule has 0 bridgehead atoms. The van der Waals surface area contributed by atoms with E-state index in [2.05, 4.69) is 9.97 Å². The molecule has 0 fully saturated rings. The molecule has 0 aliphatic heterocycles. The van der Waals surface area contributed by atoms with Crippen LogP contribution in [0.4, 0.5) is 5.69 Å². The van der Waals surface area contributed by atoms with Crippen LogP contribution in [0.3, 0.4) is 0 Å². The van der Waals surface area contributed by atoms with Gasteiger partial charge >= 0.3 is 0 Å². The lowest BCUT2D eigenvalue weighted by Gasteiger charge is -2.09. The van der Waals surface area contributed by atoms with Crippen molar-refractivity contribution in [3.63, 3.8) is 0 Å². The number of nitrogen functional groups attached to an aromatic ring is 1. The average molecular weight is 275 g/mol. The summed E-state index contributed by atoms with van der Waals surface area (Å²) in [6, 6.07) is 7.67. The molecular weight excluding hydrogens is 258 g/mol. The predicted octanol–water partition coefficient (Wildman–Crippen LogP) is 3.23. The molecular formula is C14H17N3OS. The third-order valence-electron chi connectivity index (χ3n) is 2.46. The van der Waals surface area contributed by atoms with Crippen LogP contribution in [-0.4, -0.2) is 16.6 Å². The molecule has 0 unspecified atom stereocenters. The highest BCUT2D eigenvalue weighted by Gasteiger charge is 2.06.